The van der Waals surface area contributed by atoms with E-state index in [2.05, 4.69) is 66.7 Å². The minimum atomic E-state index is -0.961. The summed E-state index contributed by atoms with van der Waals surface area (Å²) in [5.41, 5.74) is 4.55. The van der Waals surface area contributed by atoms with Crippen molar-refractivity contribution in [3.63, 3.8) is 0 Å². The lowest BCUT2D eigenvalue weighted by Gasteiger charge is -2.14. The number of nitrogens with one attached hydrogen (secondary N) is 2. The van der Waals surface area contributed by atoms with Crippen molar-refractivity contribution in [2.45, 2.75) is 38.6 Å². The van der Waals surface area contributed by atoms with Crippen LogP contribution >= 0.6 is 0 Å². The quantitative estimate of drug-likeness (QED) is 0.438. The van der Waals surface area contributed by atoms with Gasteiger partial charge in [-0.2, -0.15) is 5.10 Å². The Morgan fingerprint density at radius 2 is 1.90 bits per heavy atom. The zero-order chi connectivity index (χ0) is 21.6. The molecule has 3 N–H and O–H groups in total. The lowest BCUT2D eigenvalue weighted by atomic mass is 10.0. The van der Waals surface area contributed by atoms with Crippen molar-refractivity contribution in [2.75, 3.05) is 6.54 Å². The molecule has 2 aromatic heterocycles. The average molecular weight is 419 g/mol. The van der Waals surface area contributed by atoms with Crippen molar-refractivity contribution >= 4 is 17.0 Å². The summed E-state index contributed by atoms with van der Waals surface area (Å²) in [5, 5.41) is 26.8. The fourth-order valence-corrected chi connectivity index (χ4v) is 4.07. The molecule has 1 aliphatic carbocycles. The molecule has 5 rings (SSSR count). The summed E-state index contributed by atoms with van der Waals surface area (Å²) in [6.45, 7) is 2.21. The smallest absolute Gasteiger partial charge is 0.404 e. The van der Waals surface area contributed by atoms with E-state index in [1.807, 2.05) is 18.6 Å². The number of hydrogen-bond acceptors (Lipinski definition) is 4. The Kier molecular flexibility index (Phi) is 6.26. The maximum absolute atomic E-state index is 9.49. The molecule has 1 amide bonds. The van der Waals surface area contributed by atoms with Crippen molar-refractivity contribution in [3.05, 3.63) is 55.0 Å². The van der Waals surface area contributed by atoms with Crippen LogP contribution in [0.5, 0.6) is 0 Å². The number of nitrogens with zero attached hydrogens (tertiary/aromatic N) is 4. The maximum Gasteiger partial charge on any atom is 0.404 e. The first-order valence-corrected chi connectivity index (χ1v) is 10.6. The van der Waals surface area contributed by atoms with Crippen LogP contribution in [-0.4, -0.2) is 42.7 Å². The van der Waals surface area contributed by atoms with Crippen LogP contribution in [-0.2, 0) is 0 Å². The SMILES string of the molecule is CCNC(=O)O.c1cc(-c2ccc(-c3nncn3C3CCCC3)cc2)c2cn[nH]c2c1. The van der Waals surface area contributed by atoms with Gasteiger partial charge in [0.1, 0.15) is 6.33 Å². The monoisotopic (exact) mass is 418 g/mol. The van der Waals surface area contributed by atoms with Gasteiger partial charge in [-0.05, 0) is 37.0 Å². The van der Waals surface area contributed by atoms with Crippen LogP contribution in [0.25, 0.3) is 33.4 Å². The number of amides is 1. The van der Waals surface area contributed by atoms with E-state index in [0.717, 1.165) is 22.3 Å². The van der Waals surface area contributed by atoms with Crippen molar-refractivity contribution in [2.24, 2.45) is 0 Å². The predicted octanol–water partition coefficient (Wildman–Crippen LogP) is 4.88. The van der Waals surface area contributed by atoms with E-state index in [1.165, 1.54) is 36.8 Å². The van der Waals surface area contributed by atoms with Crippen LogP contribution in [0, 0.1) is 0 Å². The van der Waals surface area contributed by atoms with Crippen molar-refractivity contribution in [3.8, 4) is 22.5 Å². The molecular formula is C23H26N6O2. The molecule has 4 aromatic rings. The van der Waals surface area contributed by atoms with Gasteiger partial charge in [0.2, 0.25) is 0 Å². The number of aromatic amines is 1. The van der Waals surface area contributed by atoms with Crippen molar-refractivity contribution in [1.82, 2.24) is 30.3 Å². The van der Waals surface area contributed by atoms with Gasteiger partial charge < -0.3 is 15.0 Å². The molecule has 31 heavy (non-hydrogen) atoms. The highest BCUT2D eigenvalue weighted by Crippen LogP contribution is 2.33. The Hall–Kier alpha value is -3.68. The van der Waals surface area contributed by atoms with Gasteiger partial charge in [-0.3, -0.25) is 5.10 Å². The molecule has 1 saturated carbocycles. The number of H-pyrrole nitrogens is 1. The average Bonchev–Trinajstić information content (AvgIpc) is 3.55. The summed E-state index contributed by atoms with van der Waals surface area (Å²) in [7, 11) is 0. The van der Waals surface area contributed by atoms with E-state index < -0.39 is 6.09 Å². The van der Waals surface area contributed by atoms with Crippen LogP contribution in [0.15, 0.2) is 55.0 Å². The zero-order valence-electron chi connectivity index (χ0n) is 17.5. The highest BCUT2D eigenvalue weighted by atomic mass is 16.4. The van der Waals surface area contributed by atoms with Crippen LogP contribution < -0.4 is 5.32 Å². The highest BCUT2D eigenvalue weighted by molar-refractivity contribution is 5.94. The molecule has 0 radical (unpaired) electrons. The zero-order valence-corrected chi connectivity index (χ0v) is 17.5. The first-order chi connectivity index (χ1) is 15.2. The summed E-state index contributed by atoms with van der Waals surface area (Å²) in [6.07, 6.45) is 7.86. The normalized spacial score (nSPS) is 13.7. The number of fused-ring (bicyclic) bond motifs is 1. The lowest BCUT2D eigenvalue weighted by Crippen LogP contribution is -2.19. The summed E-state index contributed by atoms with van der Waals surface area (Å²) < 4.78 is 2.25. The summed E-state index contributed by atoms with van der Waals surface area (Å²) in [4.78, 5) is 9.49. The van der Waals surface area contributed by atoms with Gasteiger partial charge in [-0.1, -0.05) is 49.2 Å². The van der Waals surface area contributed by atoms with Crippen LogP contribution in [0.4, 0.5) is 4.79 Å². The van der Waals surface area contributed by atoms with E-state index in [4.69, 9.17) is 5.11 Å². The maximum atomic E-state index is 9.49. The van der Waals surface area contributed by atoms with Crippen LogP contribution in [0.2, 0.25) is 0 Å². The topological polar surface area (TPSA) is 109 Å². The molecule has 0 spiro atoms. The molecular weight excluding hydrogens is 392 g/mol. The molecule has 0 unspecified atom stereocenters. The van der Waals surface area contributed by atoms with Gasteiger partial charge in [-0.15, -0.1) is 10.2 Å². The fourth-order valence-electron chi connectivity index (χ4n) is 4.07. The standard InChI is InChI=1S/C20H19N5.C3H7NO2/c1-2-5-16(4-1)25-13-22-24-20(25)15-10-8-14(9-11-15)17-6-3-7-19-18(17)12-21-23-19;1-2-4-3(5)6/h3,6-13,16H,1-2,4-5H2,(H,21,23);4H,2H2,1H3,(H,5,6). The predicted molar refractivity (Wildman–Crippen MR) is 120 cm³/mol. The van der Waals surface area contributed by atoms with Gasteiger partial charge in [0.15, 0.2) is 5.82 Å². The fraction of sp³-hybridized carbons (Fsp3) is 0.304. The number of aromatic nitrogens is 5. The molecule has 8 heteroatoms. The Balaban J connectivity index is 0.000000342. The summed E-state index contributed by atoms with van der Waals surface area (Å²) >= 11 is 0. The molecule has 2 heterocycles. The number of carbonyl (C=O) groups is 1. The first kappa shape index (κ1) is 20.6. The van der Waals surface area contributed by atoms with Crippen LogP contribution in [0.1, 0.15) is 38.6 Å². The first-order valence-electron chi connectivity index (χ1n) is 10.6. The molecule has 8 nitrogen and oxygen atoms in total. The largest absolute Gasteiger partial charge is 0.465 e. The van der Waals surface area contributed by atoms with Gasteiger partial charge >= 0.3 is 6.09 Å². The number of rotatable bonds is 4. The third-order valence-corrected chi connectivity index (χ3v) is 5.56. The van der Waals surface area contributed by atoms with E-state index in [1.54, 1.807) is 6.92 Å². The van der Waals surface area contributed by atoms with Gasteiger partial charge in [0.25, 0.3) is 0 Å². The minimum Gasteiger partial charge on any atom is -0.465 e. The number of hydrogen-bond donors (Lipinski definition) is 3. The third-order valence-electron chi connectivity index (χ3n) is 5.56. The number of carboxylic acid groups (broad SMARTS) is 1. The Bertz CT molecular complexity index is 1140. The van der Waals surface area contributed by atoms with Crippen LogP contribution in [0.3, 0.4) is 0 Å². The molecule has 0 saturated heterocycles. The van der Waals surface area contributed by atoms with E-state index in [-0.39, 0.29) is 0 Å². The van der Waals surface area contributed by atoms with E-state index >= 15 is 0 Å². The van der Waals surface area contributed by atoms with Gasteiger partial charge in [-0.25, -0.2) is 4.79 Å². The summed E-state index contributed by atoms with van der Waals surface area (Å²) in [6, 6.07) is 15.4. The summed E-state index contributed by atoms with van der Waals surface area (Å²) in [5.74, 6) is 0.972. The third kappa shape index (κ3) is 4.58. The molecule has 0 aliphatic heterocycles. The van der Waals surface area contributed by atoms with Gasteiger partial charge in [0.05, 0.1) is 11.7 Å². The highest BCUT2D eigenvalue weighted by Gasteiger charge is 2.20. The Morgan fingerprint density at radius 1 is 1.16 bits per heavy atom. The van der Waals surface area contributed by atoms with E-state index in [9.17, 15) is 4.79 Å². The van der Waals surface area contributed by atoms with Crippen molar-refractivity contribution < 1.29 is 9.90 Å². The van der Waals surface area contributed by atoms with Crippen molar-refractivity contribution in [1.29, 1.82) is 0 Å². The lowest BCUT2D eigenvalue weighted by molar-refractivity contribution is 0.195. The molecule has 2 aromatic carbocycles. The molecule has 0 atom stereocenters. The molecule has 160 valence electrons. The second-order valence-corrected chi connectivity index (χ2v) is 7.55. The Labute approximate surface area is 180 Å². The Morgan fingerprint density at radius 3 is 2.58 bits per heavy atom. The molecule has 1 aliphatic rings. The minimum absolute atomic E-state index is 0.481. The molecule has 1 fully saturated rings. The van der Waals surface area contributed by atoms with Gasteiger partial charge in [0, 0.05) is 23.5 Å². The van der Waals surface area contributed by atoms with E-state index in [0.29, 0.717) is 12.6 Å². The molecule has 0 bridgehead atoms. The second kappa shape index (κ2) is 9.42. The second-order valence-electron chi connectivity index (χ2n) is 7.55. The number of benzene rings is 2.